The largest absolute Gasteiger partial charge is 0.490 e. The fraction of sp³-hybridized carbons (Fsp3) is 0.211. The van der Waals surface area contributed by atoms with E-state index in [1.165, 1.54) is 0 Å². The minimum Gasteiger partial charge on any atom is -0.490 e. The summed E-state index contributed by atoms with van der Waals surface area (Å²) in [6.45, 7) is 3.82. The lowest BCUT2D eigenvalue weighted by atomic mass is 10.2. The molecule has 0 heterocycles. The summed E-state index contributed by atoms with van der Waals surface area (Å²) in [7, 11) is 0. The molecule has 1 N–H and O–H groups in total. The molecule has 0 saturated heterocycles. The van der Waals surface area contributed by atoms with Gasteiger partial charge in [0.15, 0.2) is 17.6 Å². The number of rotatable bonds is 7. The molecule has 2 aromatic carbocycles. The van der Waals surface area contributed by atoms with Gasteiger partial charge in [-0.1, -0.05) is 6.07 Å². The molecular formula is C19H18N2O4. The lowest BCUT2D eigenvalue weighted by Crippen LogP contribution is -2.30. The van der Waals surface area contributed by atoms with E-state index in [1.807, 2.05) is 13.0 Å². The van der Waals surface area contributed by atoms with Crippen molar-refractivity contribution in [2.24, 2.45) is 0 Å². The molecule has 128 valence electrons. The minimum absolute atomic E-state index is 0.364. The van der Waals surface area contributed by atoms with Crippen LogP contribution in [0.25, 0.3) is 0 Å². The van der Waals surface area contributed by atoms with E-state index in [4.69, 9.17) is 14.7 Å². The standard InChI is InChI=1S/C19H18N2O4/c1-3-24-18-10-15(12-22)7-8-17(18)25-13(2)19(23)21-16-6-4-5-14(9-16)11-20/h4-10,12-13H,3H2,1-2H3,(H,21,23)/t13-/m1/s1. The van der Waals surface area contributed by atoms with Crippen LogP contribution in [0.15, 0.2) is 42.5 Å². The molecule has 1 atom stereocenters. The average Bonchev–Trinajstić information content (AvgIpc) is 2.63. The summed E-state index contributed by atoms with van der Waals surface area (Å²) in [6.07, 6.45) is -0.0861. The summed E-state index contributed by atoms with van der Waals surface area (Å²) >= 11 is 0. The normalized spacial score (nSPS) is 11.1. The van der Waals surface area contributed by atoms with Crippen LogP contribution in [0.2, 0.25) is 0 Å². The van der Waals surface area contributed by atoms with Gasteiger partial charge < -0.3 is 14.8 Å². The molecule has 0 fully saturated rings. The number of hydrogen-bond donors (Lipinski definition) is 1. The smallest absolute Gasteiger partial charge is 0.265 e. The molecular weight excluding hydrogens is 320 g/mol. The zero-order chi connectivity index (χ0) is 18.2. The van der Waals surface area contributed by atoms with Gasteiger partial charge >= 0.3 is 0 Å². The van der Waals surface area contributed by atoms with Crippen LogP contribution in [0.5, 0.6) is 11.5 Å². The Kier molecular flexibility index (Phi) is 6.13. The lowest BCUT2D eigenvalue weighted by Gasteiger charge is -2.17. The second-order valence-corrected chi connectivity index (χ2v) is 5.20. The van der Waals surface area contributed by atoms with Gasteiger partial charge in [-0.05, 0) is 50.2 Å². The fourth-order valence-corrected chi connectivity index (χ4v) is 2.12. The quantitative estimate of drug-likeness (QED) is 0.783. The van der Waals surface area contributed by atoms with Gasteiger partial charge in [-0.3, -0.25) is 9.59 Å². The van der Waals surface area contributed by atoms with E-state index in [-0.39, 0.29) is 5.91 Å². The zero-order valence-electron chi connectivity index (χ0n) is 14.0. The number of carbonyl (C=O) groups excluding carboxylic acids is 2. The van der Waals surface area contributed by atoms with Gasteiger partial charge in [0.05, 0.1) is 18.2 Å². The van der Waals surface area contributed by atoms with Crippen molar-refractivity contribution < 1.29 is 19.1 Å². The highest BCUT2D eigenvalue weighted by molar-refractivity contribution is 5.94. The van der Waals surface area contributed by atoms with Crippen molar-refractivity contribution in [1.29, 1.82) is 5.26 Å². The number of nitriles is 1. The van der Waals surface area contributed by atoms with Crippen molar-refractivity contribution in [3.8, 4) is 17.6 Å². The Morgan fingerprint density at radius 3 is 2.76 bits per heavy atom. The van der Waals surface area contributed by atoms with E-state index in [0.717, 1.165) is 0 Å². The Morgan fingerprint density at radius 2 is 2.08 bits per heavy atom. The SMILES string of the molecule is CCOc1cc(C=O)ccc1O[C@H](C)C(=O)Nc1cccc(C#N)c1. The molecule has 0 aromatic heterocycles. The Labute approximate surface area is 146 Å². The molecule has 1 amide bonds. The van der Waals surface area contributed by atoms with Crippen LogP contribution in [0.4, 0.5) is 5.69 Å². The van der Waals surface area contributed by atoms with Crippen molar-refractivity contribution >= 4 is 17.9 Å². The molecule has 0 bridgehead atoms. The Bertz CT molecular complexity index is 811. The van der Waals surface area contributed by atoms with E-state index in [2.05, 4.69) is 5.32 Å². The number of nitrogens with one attached hydrogen (secondary N) is 1. The van der Waals surface area contributed by atoms with E-state index < -0.39 is 6.10 Å². The van der Waals surface area contributed by atoms with Gasteiger partial charge in [-0.15, -0.1) is 0 Å². The van der Waals surface area contributed by atoms with E-state index in [0.29, 0.717) is 41.2 Å². The average molecular weight is 338 g/mol. The van der Waals surface area contributed by atoms with Gasteiger partial charge in [-0.25, -0.2) is 0 Å². The summed E-state index contributed by atoms with van der Waals surface area (Å²) in [5.41, 5.74) is 1.43. The van der Waals surface area contributed by atoms with E-state index in [9.17, 15) is 9.59 Å². The van der Waals surface area contributed by atoms with Crippen molar-refractivity contribution in [2.75, 3.05) is 11.9 Å². The minimum atomic E-state index is -0.799. The van der Waals surface area contributed by atoms with Gasteiger partial charge in [0, 0.05) is 11.3 Å². The van der Waals surface area contributed by atoms with Crippen LogP contribution in [0, 0.1) is 11.3 Å². The van der Waals surface area contributed by atoms with Gasteiger partial charge in [0.25, 0.3) is 5.91 Å². The van der Waals surface area contributed by atoms with Gasteiger partial charge in [0.1, 0.15) is 6.29 Å². The van der Waals surface area contributed by atoms with Gasteiger partial charge in [-0.2, -0.15) is 5.26 Å². The highest BCUT2D eigenvalue weighted by Crippen LogP contribution is 2.29. The molecule has 0 aliphatic carbocycles. The number of hydrogen-bond acceptors (Lipinski definition) is 5. The molecule has 6 heteroatoms. The molecule has 6 nitrogen and oxygen atoms in total. The maximum absolute atomic E-state index is 12.3. The number of carbonyl (C=O) groups is 2. The summed E-state index contributed by atoms with van der Waals surface area (Å²) in [5, 5.41) is 11.6. The predicted molar refractivity (Wildman–Crippen MR) is 92.9 cm³/mol. The topological polar surface area (TPSA) is 88.4 Å². The first kappa shape index (κ1) is 18.0. The van der Waals surface area contributed by atoms with Crippen LogP contribution in [-0.4, -0.2) is 24.9 Å². The number of benzene rings is 2. The molecule has 0 unspecified atom stereocenters. The van der Waals surface area contributed by atoms with Gasteiger partial charge in [0.2, 0.25) is 0 Å². The molecule has 0 spiro atoms. The van der Waals surface area contributed by atoms with Crippen molar-refractivity contribution in [3.63, 3.8) is 0 Å². The Hall–Kier alpha value is -3.33. The van der Waals surface area contributed by atoms with Crippen molar-refractivity contribution in [2.45, 2.75) is 20.0 Å². The number of anilines is 1. The summed E-state index contributed by atoms with van der Waals surface area (Å²) < 4.78 is 11.1. The van der Waals surface area contributed by atoms with Crippen LogP contribution >= 0.6 is 0 Å². The van der Waals surface area contributed by atoms with Crippen LogP contribution in [0.3, 0.4) is 0 Å². The highest BCUT2D eigenvalue weighted by atomic mass is 16.5. The second kappa shape index (κ2) is 8.50. The monoisotopic (exact) mass is 338 g/mol. The maximum atomic E-state index is 12.3. The fourth-order valence-electron chi connectivity index (χ4n) is 2.12. The molecule has 0 aliphatic heterocycles. The molecule has 2 aromatic rings. The van der Waals surface area contributed by atoms with Crippen LogP contribution in [0.1, 0.15) is 29.8 Å². The predicted octanol–water partition coefficient (Wildman–Crippen LogP) is 3.18. The van der Waals surface area contributed by atoms with Crippen molar-refractivity contribution in [3.05, 3.63) is 53.6 Å². The summed E-state index contributed by atoms with van der Waals surface area (Å²) in [6, 6.07) is 13.4. The van der Waals surface area contributed by atoms with Crippen LogP contribution < -0.4 is 14.8 Å². The molecule has 0 radical (unpaired) electrons. The molecule has 25 heavy (non-hydrogen) atoms. The van der Waals surface area contributed by atoms with Crippen molar-refractivity contribution in [1.82, 2.24) is 0 Å². The first-order valence-electron chi connectivity index (χ1n) is 7.77. The van der Waals surface area contributed by atoms with E-state index in [1.54, 1.807) is 49.4 Å². The van der Waals surface area contributed by atoms with Crippen LogP contribution in [-0.2, 0) is 4.79 Å². The number of aldehydes is 1. The number of nitrogens with zero attached hydrogens (tertiary/aromatic N) is 1. The zero-order valence-corrected chi connectivity index (χ0v) is 14.0. The highest BCUT2D eigenvalue weighted by Gasteiger charge is 2.17. The third kappa shape index (κ3) is 4.82. The molecule has 2 rings (SSSR count). The third-order valence-electron chi connectivity index (χ3n) is 3.34. The third-order valence-corrected chi connectivity index (χ3v) is 3.34. The number of ether oxygens (including phenoxy) is 2. The first-order valence-corrected chi connectivity index (χ1v) is 7.77. The molecule has 0 saturated carbocycles. The van der Waals surface area contributed by atoms with E-state index >= 15 is 0 Å². The summed E-state index contributed by atoms with van der Waals surface area (Å²) in [5.74, 6) is 0.413. The molecule has 0 aliphatic rings. The Balaban J connectivity index is 2.10. The maximum Gasteiger partial charge on any atom is 0.265 e. The first-order chi connectivity index (χ1) is 12.1. The lowest BCUT2D eigenvalue weighted by molar-refractivity contribution is -0.122. The number of amides is 1. The Morgan fingerprint density at radius 1 is 1.28 bits per heavy atom. The summed E-state index contributed by atoms with van der Waals surface area (Å²) in [4.78, 5) is 23.2. The second-order valence-electron chi connectivity index (χ2n) is 5.20.